The van der Waals surface area contributed by atoms with Crippen molar-refractivity contribution < 1.29 is 0 Å². The Bertz CT molecular complexity index is 129. The average molecular weight is 217 g/mol. The molecule has 0 heterocycles. The summed E-state index contributed by atoms with van der Waals surface area (Å²) in [4.78, 5) is 0. The second-order valence-electron chi connectivity index (χ2n) is 5.07. The third kappa shape index (κ3) is 8.89. The Morgan fingerprint density at radius 2 is 1.86 bits per heavy atom. The van der Waals surface area contributed by atoms with Crippen LogP contribution < -0.4 is 5.32 Å². The topological polar surface area (TPSA) is 12.0 Å². The van der Waals surface area contributed by atoms with Crippen molar-refractivity contribution in [3.05, 3.63) is 0 Å². The minimum atomic E-state index is 0.269. The van der Waals surface area contributed by atoms with Crippen LogP contribution in [0.25, 0.3) is 0 Å². The monoisotopic (exact) mass is 217 g/mol. The van der Waals surface area contributed by atoms with Gasteiger partial charge in [0.05, 0.1) is 0 Å². The summed E-state index contributed by atoms with van der Waals surface area (Å²) < 4.78 is 0. The summed E-state index contributed by atoms with van der Waals surface area (Å²) in [6.45, 7) is 10.2. The second-order valence-corrected chi connectivity index (χ2v) is 6.05. The van der Waals surface area contributed by atoms with E-state index in [0.29, 0.717) is 0 Å². The van der Waals surface area contributed by atoms with Crippen LogP contribution in [0.2, 0.25) is 0 Å². The molecule has 0 bridgehead atoms. The summed E-state index contributed by atoms with van der Waals surface area (Å²) in [5.41, 5.74) is 0.269. The molecule has 0 amide bonds. The maximum atomic E-state index is 3.61. The van der Waals surface area contributed by atoms with Gasteiger partial charge in [0.2, 0.25) is 0 Å². The molecule has 0 fully saturated rings. The highest BCUT2D eigenvalue weighted by Crippen LogP contribution is 2.14. The number of thioether (sulfide) groups is 1. The number of nitrogens with one attached hydrogen (secondary N) is 1. The van der Waals surface area contributed by atoms with Gasteiger partial charge in [-0.15, -0.1) is 0 Å². The molecule has 0 aliphatic carbocycles. The molecule has 1 N–H and O–H groups in total. The zero-order valence-corrected chi connectivity index (χ0v) is 11.3. The minimum Gasteiger partial charge on any atom is -0.312 e. The van der Waals surface area contributed by atoms with Gasteiger partial charge in [-0.05, 0) is 58.1 Å². The van der Waals surface area contributed by atoms with E-state index in [1.54, 1.807) is 0 Å². The van der Waals surface area contributed by atoms with E-state index in [2.05, 4.69) is 39.3 Å². The van der Waals surface area contributed by atoms with Crippen molar-refractivity contribution in [3.8, 4) is 0 Å². The SMILES string of the molecule is CCCC(CCSC)CNC(C)(C)C. The van der Waals surface area contributed by atoms with Crippen LogP contribution in [0.5, 0.6) is 0 Å². The quantitative estimate of drug-likeness (QED) is 0.700. The van der Waals surface area contributed by atoms with Crippen molar-refractivity contribution in [1.29, 1.82) is 0 Å². The molecular weight excluding hydrogens is 190 g/mol. The maximum absolute atomic E-state index is 3.61. The molecule has 0 aliphatic rings. The average Bonchev–Trinajstić information content (AvgIpc) is 2.08. The Morgan fingerprint density at radius 3 is 2.29 bits per heavy atom. The largest absolute Gasteiger partial charge is 0.312 e. The van der Waals surface area contributed by atoms with E-state index in [-0.39, 0.29) is 5.54 Å². The molecule has 0 aromatic carbocycles. The Balaban J connectivity index is 3.72. The summed E-state index contributed by atoms with van der Waals surface area (Å²) in [5, 5.41) is 3.61. The highest BCUT2D eigenvalue weighted by atomic mass is 32.2. The van der Waals surface area contributed by atoms with Gasteiger partial charge in [-0.3, -0.25) is 0 Å². The van der Waals surface area contributed by atoms with Gasteiger partial charge < -0.3 is 5.32 Å². The molecule has 86 valence electrons. The Kier molecular flexibility index (Phi) is 7.75. The molecule has 0 aromatic heterocycles. The van der Waals surface area contributed by atoms with Crippen LogP contribution >= 0.6 is 11.8 Å². The van der Waals surface area contributed by atoms with Crippen LogP contribution in [-0.2, 0) is 0 Å². The van der Waals surface area contributed by atoms with Gasteiger partial charge in [0.1, 0.15) is 0 Å². The first-order valence-corrected chi connectivity index (χ1v) is 7.13. The summed E-state index contributed by atoms with van der Waals surface area (Å²) in [6.07, 6.45) is 6.23. The molecule has 0 aromatic rings. The van der Waals surface area contributed by atoms with E-state index in [9.17, 15) is 0 Å². The van der Waals surface area contributed by atoms with E-state index < -0.39 is 0 Å². The molecule has 1 nitrogen and oxygen atoms in total. The van der Waals surface area contributed by atoms with E-state index in [0.717, 1.165) is 5.92 Å². The van der Waals surface area contributed by atoms with E-state index in [1.807, 2.05) is 11.8 Å². The van der Waals surface area contributed by atoms with Crippen molar-refractivity contribution >= 4 is 11.8 Å². The fourth-order valence-electron chi connectivity index (χ4n) is 1.49. The number of hydrogen-bond donors (Lipinski definition) is 1. The van der Waals surface area contributed by atoms with Crippen molar-refractivity contribution in [3.63, 3.8) is 0 Å². The predicted molar refractivity (Wildman–Crippen MR) is 69.2 cm³/mol. The third-order valence-electron chi connectivity index (χ3n) is 2.35. The summed E-state index contributed by atoms with van der Waals surface area (Å²) in [5.74, 6) is 2.17. The smallest absolute Gasteiger partial charge is 0.00966 e. The molecule has 0 saturated carbocycles. The second kappa shape index (κ2) is 7.58. The molecule has 14 heavy (non-hydrogen) atoms. The van der Waals surface area contributed by atoms with Crippen LogP contribution in [0.15, 0.2) is 0 Å². The van der Waals surface area contributed by atoms with Crippen molar-refractivity contribution in [1.82, 2.24) is 5.32 Å². The number of rotatable bonds is 7. The lowest BCUT2D eigenvalue weighted by Crippen LogP contribution is -2.39. The van der Waals surface area contributed by atoms with E-state index >= 15 is 0 Å². The lowest BCUT2D eigenvalue weighted by molar-refractivity contribution is 0.352. The summed E-state index contributed by atoms with van der Waals surface area (Å²) in [6, 6.07) is 0. The fraction of sp³-hybridized carbons (Fsp3) is 1.00. The zero-order valence-electron chi connectivity index (χ0n) is 10.5. The van der Waals surface area contributed by atoms with Gasteiger partial charge in [-0.1, -0.05) is 13.3 Å². The van der Waals surface area contributed by atoms with Crippen LogP contribution in [0.4, 0.5) is 0 Å². The van der Waals surface area contributed by atoms with Gasteiger partial charge in [0, 0.05) is 5.54 Å². The molecule has 0 rings (SSSR count). The van der Waals surface area contributed by atoms with Gasteiger partial charge in [-0.2, -0.15) is 11.8 Å². The van der Waals surface area contributed by atoms with Crippen LogP contribution in [0.3, 0.4) is 0 Å². The normalized spacial score (nSPS) is 14.4. The molecule has 2 heteroatoms. The molecule has 0 saturated heterocycles. The fourth-order valence-corrected chi connectivity index (χ4v) is 2.06. The lowest BCUT2D eigenvalue weighted by atomic mass is 9.99. The lowest BCUT2D eigenvalue weighted by Gasteiger charge is -2.25. The van der Waals surface area contributed by atoms with E-state index in [1.165, 1.54) is 31.6 Å². The highest BCUT2D eigenvalue weighted by molar-refractivity contribution is 7.98. The Hall–Kier alpha value is 0.310. The van der Waals surface area contributed by atoms with Crippen molar-refractivity contribution in [2.24, 2.45) is 5.92 Å². The molecule has 0 spiro atoms. The Labute approximate surface area is 94.4 Å². The zero-order chi connectivity index (χ0) is 11.0. The first-order chi connectivity index (χ1) is 6.49. The van der Waals surface area contributed by atoms with Gasteiger partial charge >= 0.3 is 0 Å². The Morgan fingerprint density at radius 1 is 1.21 bits per heavy atom. The molecule has 0 radical (unpaired) electrons. The summed E-state index contributed by atoms with van der Waals surface area (Å²) >= 11 is 1.96. The van der Waals surface area contributed by atoms with E-state index in [4.69, 9.17) is 0 Å². The van der Waals surface area contributed by atoms with Crippen LogP contribution in [-0.4, -0.2) is 24.1 Å². The van der Waals surface area contributed by atoms with Crippen molar-refractivity contribution in [2.75, 3.05) is 18.6 Å². The minimum absolute atomic E-state index is 0.269. The first kappa shape index (κ1) is 14.3. The standard InChI is InChI=1S/C12H27NS/c1-6-7-11(8-9-14-5)10-13-12(2,3)4/h11,13H,6-10H2,1-5H3. The molecular formula is C12H27NS. The third-order valence-corrected chi connectivity index (χ3v) is 2.99. The molecule has 1 atom stereocenters. The molecule has 0 aliphatic heterocycles. The number of hydrogen-bond acceptors (Lipinski definition) is 2. The van der Waals surface area contributed by atoms with Gasteiger partial charge in [-0.25, -0.2) is 0 Å². The highest BCUT2D eigenvalue weighted by Gasteiger charge is 2.13. The van der Waals surface area contributed by atoms with Crippen molar-refractivity contribution in [2.45, 2.75) is 52.5 Å². The maximum Gasteiger partial charge on any atom is 0.00966 e. The molecule has 1 unspecified atom stereocenters. The van der Waals surface area contributed by atoms with Crippen LogP contribution in [0, 0.1) is 5.92 Å². The van der Waals surface area contributed by atoms with Crippen LogP contribution in [0.1, 0.15) is 47.0 Å². The van der Waals surface area contributed by atoms with Gasteiger partial charge in [0.15, 0.2) is 0 Å². The van der Waals surface area contributed by atoms with Gasteiger partial charge in [0.25, 0.3) is 0 Å². The predicted octanol–water partition coefficient (Wildman–Crippen LogP) is 3.54. The summed E-state index contributed by atoms with van der Waals surface area (Å²) in [7, 11) is 0. The first-order valence-electron chi connectivity index (χ1n) is 5.73.